The molecule has 0 heterocycles. The van der Waals surface area contributed by atoms with E-state index in [0.29, 0.717) is 23.8 Å². The van der Waals surface area contributed by atoms with Gasteiger partial charge in [0, 0.05) is 12.5 Å². The minimum absolute atomic E-state index is 0.285. The van der Waals surface area contributed by atoms with Gasteiger partial charge in [-0.2, -0.15) is 0 Å². The molecule has 1 N–H and O–H groups in total. The molecule has 2 rings (SSSR count). The lowest BCUT2D eigenvalue weighted by Crippen LogP contribution is -2.38. The summed E-state index contributed by atoms with van der Waals surface area (Å²) in [6, 6.07) is 3.61. The highest BCUT2D eigenvalue weighted by Crippen LogP contribution is 2.38. The lowest BCUT2D eigenvalue weighted by atomic mass is 9.73. The predicted molar refractivity (Wildman–Crippen MR) is 76.4 cm³/mol. The van der Waals surface area contributed by atoms with Crippen LogP contribution in [0.15, 0.2) is 18.2 Å². The summed E-state index contributed by atoms with van der Waals surface area (Å²) >= 11 is 0. The SMILES string of the molecule is CC(C)CC1CCCC(O)(Cc2ccc(F)cc2F)C1. The second kappa shape index (κ2) is 6.21. The summed E-state index contributed by atoms with van der Waals surface area (Å²) in [7, 11) is 0. The molecule has 0 aliphatic heterocycles. The van der Waals surface area contributed by atoms with Crippen LogP contribution in [0.4, 0.5) is 8.78 Å². The molecule has 0 amide bonds. The van der Waals surface area contributed by atoms with Gasteiger partial charge in [-0.1, -0.05) is 32.8 Å². The Balaban J connectivity index is 2.06. The molecule has 20 heavy (non-hydrogen) atoms. The summed E-state index contributed by atoms with van der Waals surface area (Å²) in [5, 5.41) is 10.7. The second-order valence-electron chi connectivity index (χ2n) is 6.73. The maximum absolute atomic E-state index is 13.7. The van der Waals surface area contributed by atoms with Gasteiger partial charge in [-0.25, -0.2) is 8.78 Å². The van der Waals surface area contributed by atoms with Gasteiger partial charge in [0.15, 0.2) is 0 Å². The molecule has 112 valence electrons. The molecular weight excluding hydrogens is 258 g/mol. The van der Waals surface area contributed by atoms with Crippen molar-refractivity contribution in [2.45, 2.75) is 58.0 Å². The molecule has 1 nitrogen and oxygen atoms in total. The lowest BCUT2D eigenvalue weighted by molar-refractivity contribution is -0.0195. The average Bonchev–Trinajstić information content (AvgIpc) is 2.32. The summed E-state index contributed by atoms with van der Waals surface area (Å²) in [5.41, 5.74) is -0.421. The standard InChI is InChI=1S/C17H24F2O/c1-12(2)8-13-4-3-7-17(20,10-13)11-14-5-6-15(18)9-16(14)19/h5-6,9,12-13,20H,3-4,7-8,10-11H2,1-2H3. The maximum atomic E-state index is 13.7. The molecule has 1 fully saturated rings. The second-order valence-corrected chi connectivity index (χ2v) is 6.73. The van der Waals surface area contributed by atoms with Crippen molar-refractivity contribution < 1.29 is 13.9 Å². The Morgan fingerprint density at radius 3 is 2.75 bits per heavy atom. The van der Waals surface area contributed by atoms with Gasteiger partial charge in [-0.3, -0.25) is 0 Å². The van der Waals surface area contributed by atoms with Crippen LogP contribution in [-0.4, -0.2) is 10.7 Å². The number of rotatable bonds is 4. The van der Waals surface area contributed by atoms with Crippen molar-refractivity contribution in [1.82, 2.24) is 0 Å². The fraction of sp³-hybridized carbons (Fsp3) is 0.647. The zero-order valence-electron chi connectivity index (χ0n) is 12.3. The van der Waals surface area contributed by atoms with Crippen LogP contribution in [0.5, 0.6) is 0 Å². The highest BCUT2D eigenvalue weighted by atomic mass is 19.1. The van der Waals surface area contributed by atoms with Crippen molar-refractivity contribution in [3.05, 3.63) is 35.4 Å². The topological polar surface area (TPSA) is 20.2 Å². The summed E-state index contributed by atoms with van der Waals surface area (Å²) in [6.45, 7) is 4.38. The highest BCUT2D eigenvalue weighted by Gasteiger charge is 2.35. The van der Waals surface area contributed by atoms with Crippen LogP contribution in [0.2, 0.25) is 0 Å². The van der Waals surface area contributed by atoms with E-state index in [-0.39, 0.29) is 6.42 Å². The molecule has 0 aromatic heterocycles. The number of halogens is 2. The third-order valence-electron chi connectivity index (χ3n) is 4.26. The maximum Gasteiger partial charge on any atom is 0.129 e. The molecule has 0 bridgehead atoms. The summed E-state index contributed by atoms with van der Waals surface area (Å²) < 4.78 is 26.7. The number of benzene rings is 1. The minimum Gasteiger partial charge on any atom is -0.390 e. The third-order valence-corrected chi connectivity index (χ3v) is 4.26. The van der Waals surface area contributed by atoms with Crippen LogP contribution < -0.4 is 0 Å². The fourth-order valence-electron chi connectivity index (χ4n) is 3.51. The average molecular weight is 282 g/mol. The van der Waals surface area contributed by atoms with Gasteiger partial charge in [0.1, 0.15) is 11.6 Å². The highest BCUT2D eigenvalue weighted by molar-refractivity contribution is 5.20. The van der Waals surface area contributed by atoms with Crippen LogP contribution in [-0.2, 0) is 6.42 Å². The normalized spacial score (nSPS) is 27.0. The van der Waals surface area contributed by atoms with Crippen molar-refractivity contribution in [3.8, 4) is 0 Å². The molecule has 3 heteroatoms. The monoisotopic (exact) mass is 282 g/mol. The molecule has 2 unspecified atom stereocenters. The first kappa shape index (κ1) is 15.4. The predicted octanol–water partition coefficient (Wildman–Crippen LogP) is 4.47. The van der Waals surface area contributed by atoms with Crippen LogP contribution >= 0.6 is 0 Å². The first-order chi connectivity index (χ1) is 9.38. The molecule has 1 aromatic rings. The van der Waals surface area contributed by atoms with E-state index < -0.39 is 17.2 Å². The van der Waals surface area contributed by atoms with E-state index >= 15 is 0 Å². The molecule has 1 aromatic carbocycles. The van der Waals surface area contributed by atoms with E-state index in [9.17, 15) is 13.9 Å². The van der Waals surface area contributed by atoms with Crippen molar-refractivity contribution in [3.63, 3.8) is 0 Å². The Kier molecular flexibility index (Phi) is 4.79. The van der Waals surface area contributed by atoms with E-state index in [1.807, 2.05) is 0 Å². The number of aliphatic hydroxyl groups is 1. The molecule has 0 saturated heterocycles. The van der Waals surface area contributed by atoms with Crippen LogP contribution in [0.3, 0.4) is 0 Å². The van der Waals surface area contributed by atoms with E-state index in [4.69, 9.17) is 0 Å². The zero-order valence-corrected chi connectivity index (χ0v) is 12.3. The smallest absolute Gasteiger partial charge is 0.129 e. The lowest BCUT2D eigenvalue weighted by Gasteiger charge is -2.37. The quantitative estimate of drug-likeness (QED) is 0.863. The van der Waals surface area contributed by atoms with E-state index in [0.717, 1.165) is 31.7 Å². The minimum atomic E-state index is -0.837. The zero-order chi connectivity index (χ0) is 14.8. The Hall–Kier alpha value is -0.960. The van der Waals surface area contributed by atoms with Crippen LogP contribution in [0, 0.1) is 23.5 Å². The molecule has 2 atom stereocenters. The van der Waals surface area contributed by atoms with Crippen molar-refractivity contribution >= 4 is 0 Å². The van der Waals surface area contributed by atoms with Crippen LogP contribution in [0.25, 0.3) is 0 Å². The van der Waals surface area contributed by atoms with E-state index in [1.165, 1.54) is 12.1 Å². The van der Waals surface area contributed by atoms with Gasteiger partial charge < -0.3 is 5.11 Å². The van der Waals surface area contributed by atoms with E-state index in [2.05, 4.69) is 13.8 Å². The number of hydrogen-bond acceptors (Lipinski definition) is 1. The van der Waals surface area contributed by atoms with Gasteiger partial charge >= 0.3 is 0 Å². The molecular formula is C17H24F2O. The number of hydrogen-bond donors (Lipinski definition) is 1. The molecule has 0 radical (unpaired) electrons. The van der Waals surface area contributed by atoms with Crippen molar-refractivity contribution in [1.29, 1.82) is 0 Å². The third kappa shape index (κ3) is 4.02. The Bertz CT molecular complexity index is 458. The van der Waals surface area contributed by atoms with Gasteiger partial charge in [0.2, 0.25) is 0 Å². The summed E-state index contributed by atoms with van der Waals surface area (Å²) in [5.74, 6) is 0.00569. The van der Waals surface area contributed by atoms with Crippen LogP contribution in [0.1, 0.15) is 51.5 Å². The van der Waals surface area contributed by atoms with Gasteiger partial charge in [-0.05, 0) is 42.7 Å². The molecule has 1 saturated carbocycles. The van der Waals surface area contributed by atoms with E-state index in [1.54, 1.807) is 0 Å². The Morgan fingerprint density at radius 2 is 2.10 bits per heavy atom. The first-order valence-corrected chi connectivity index (χ1v) is 7.54. The summed E-state index contributed by atoms with van der Waals surface area (Å²) in [4.78, 5) is 0. The van der Waals surface area contributed by atoms with Gasteiger partial charge in [0.05, 0.1) is 5.60 Å². The molecule has 0 spiro atoms. The Morgan fingerprint density at radius 1 is 1.35 bits per heavy atom. The first-order valence-electron chi connectivity index (χ1n) is 7.54. The summed E-state index contributed by atoms with van der Waals surface area (Å²) in [6.07, 6.45) is 4.95. The van der Waals surface area contributed by atoms with Gasteiger partial charge in [0.25, 0.3) is 0 Å². The molecule has 1 aliphatic rings. The van der Waals surface area contributed by atoms with Crippen molar-refractivity contribution in [2.75, 3.05) is 0 Å². The fourth-order valence-corrected chi connectivity index (χ4v) is 3.51. The Labute approximate surface area is 120 Å². The molecule has 1 aliphatic carbocycles. The van der Waals surface area contributed by atoms with Crippen molar-refractivity contribution in [2.24, 2.45) is 11.8 Å². The van der Waals surface area contributed by atoms with Gasteiger partial charge in [-0.15, -0.1) is 0 Å². The largest absolute Gasteiger partial charge is 0.390 e.